The summed E-state index contributed by atoms with van der Waals surface area (Å²) < 4.78 is 0. The largest absolute Gasteiger partial charge is 0.361 e. The molecule has 7 heteroatoms. The first-order valence-corrected chi connectivity index (χ1v) is 9.47. The highest BCUT2D eigenvalue weighted by Gasteiger charge is 2.40. The number of H-pyrrole nitrogens is 1. The molecule has 2 aliphatic rings. The third-order valence-corrected chi connectivity index (χ3v) is 5.64. The number of carbonyl (C=O) groups excluding carboxylic acids is 3. The standard InChI is InChI=1S/C20H24N4O3/c1-13-6-8-23(9-7-13)18(25)12-24-19(26)17(22-20(24)27)10-14-11-21-16-5-3-2-4-15(14)16/h2-5,11,13,17,21H,6-10,12H2,1H3,(H,22,27). The van der Waals surface area contributed by atoms with E-state index in [4.69, 9.17) is 0 Å². The summed E-state index contributed by atoms with van der Waals surface area (Å²) in [5, 5.41) is 3.76. The van der Waals surface area contributed by atoms with E-state index in [0.29, 0.717) is 25.4 Å². The molecular weight excluding hydrogens is 344 g/mol. The summed E-state index contributed by atoms with van der Waals surface area (Å²) in [5.41, 5.74) is 1.97. The number of carbonyl (C=O) groups is 3. The van der Waals surface area contributed by atoms with Gasteiger partial charge in [-0.05, 0) is 30.4 Å². The smallest absolute Gasteiger partial charge is 0.325 e. The number of rotatable bonds is 4. The zero-order valence-corrected chi connectivity index (χ0v) is 15.4. The molecule has 4 amide bonds. The van der Waals surface area contributed by atoms with E-state index in [2.05, 4.69) is 17.2 Å². The second kappa shape index (κ2) is 7.06. The van der Waals surface area contributed by atoms with E-state index in [9.17, 15) is 14.4 Å². The molecule has 2 aliphatic heterocycles. The fourth-order valence-electron chi connectivity index (χ4n) is 3.88. The van der Waals surface area contributed by atoms with Crippen molar-refractivity contribution in [1.82, 2.24) is 20.1 Å². The first-order chi connectivity index (χ1) is 13.0. The van der Waals surface area contributed by atoms with E-state index >= 15 is 0 Å². The van der Waals surface area contributed by atoms with Crippen molar-refractivity contribution in [3.05, 3.63) is 36.0 Å². The number of para-hydroxylation sites is 1. The van der Waals surface area contributed by atoms with Gasteiger partial charge in [0.2, 0.25) is 5.91 Å². The lowest BCUT2D eigenvalue weighted by Gasteiger charge is -2.31. The predicted molar refractivity (Wildman–Crippen MR) is 101 cm³/mol. The molecule has 2 aromatic rings. The van der Waals surface area contributed by atoms with Gasteiger partial charge in [-0.25, -0.2) is 4.79 Å². The number of benzene rings is 1. The average Bonchev–Trinajstić information content (AvgIpc) is 3.19. The van der Waals surface area contributed by atoms with Crippen LogP contribution in [0.15, 0.2) is 30.5 Å². The third-order valence-electron chi connectivity index (χ3n) is 5.64. The Labute approximate surface area is 157 Å². The number of nitrogens with zero attached hydrogens (tertiary/aromatic N) is 2. The molecule has 0 bridgehead atoms. The summed E-state index contributed by atoms with van der Waals surface area (Å²) in [7, 11) is 0. The monoisotopic (exact) mass is 368 g/mol. The number of fused-ring (bicyclic) bond motifs is 1. The van der Waals surface area contributed by atoms with Crippen LogP contribution < -0.4 is 5.32 Å². The Morgan fingerprint density at radius 2 is 1.93 bits per heavy atom. The van der Waals surface area contributed by atoms with E-state index in [1.54, 1.807) is 4.90 Å². The van der Waals surface area contributed by atoms with Gasteiger partial charge in [-0.15, -0.1) is 0 Å². The third kappa shape index (κ3) is 3.41. The summed E-state index contributed by atoms with van der Waals surface area (Å²) in [6.07, 6.45) is 4.21. The van der Waals surface area contributed by atoms with Gasteiger partial charge in [0.25, 0.3) is 5.91 Å². The van der Waals surface area contributed by atoms with Crippen LogP contribution in [-0.2, 0) is 16.0 Å². The van der Waals surface area contributed by atoms with E-state index in [1.165, 1.54) is 0 Å². The number of amides is 4. The van der Waals surface area contributed by atoms with E-state index in [-0.39, 0.29) is 18.4 Å². The van der Waals surface area contributed by atoms with Crippen molar-refractivity contribution >= 4 is 28.7 Å². The highest BCUT2D eigenvalue weighted by atomic mass is 16.2. The molecule has 142 valence electrons. The number of nitrogens with one attached hydrogen (secondary N) is 2. The van der Waals surface area contributed by atoms with Crippen molar-refractivity contribution in [2.24, 2.45) is 5.92 Å². The quantitative estimate of drug-likeness (QED) is 0.808. The number of piperidine rings is 1. The first-order valence-electron chi connectivity index (χ1n) is 9.47. The lowest BCUT2D eigenvalue weighted by Crippen LogP contribution is -2.46. The molecule has 7 nitrogen and oxygen atoms in total. The van der Waals surface area contributed by atoms with Crippen LogP contribution in [0.5, 0.6) is 0 Å². The summed E-state index contributed by atoms with van der Waals surface area (Å²) in [5.74, 6) is 0.133. The lowest BCUT2D eigenvalue weighted by atomic mass is 9.99. The maximum atomic E-state index is 12.7. The molecule has 2 fully saturated rings. The number of urea groups is 1. The van der Waals surface area contributed by atoms with Crippen LogP contribution in [-0.4, -0.2) is 58.3 Å². The van der Waals surface area contributed by atoms with Gasteiger partial charge < -0.3 is 15.2 Å². The second-order valence-electron chi connectivity index (χ2n) is 7.55. The molecule has 2 N–H and O–H groups in total. The minimum absolute atomic E-state index is 0.154. The summed E-state index contributed by atoms with van der Waals surface area (Å²) in [6.45, 7) is 3.39. The van der Waals surface area contributed by atoms with Crippen LogP contribution in [0.25, 0.3) is 10.9 Å². The number of hydrogen-bond acceptors (Lipinski definition) is 3. The Kier molecular flexibility index (Phi) is 4.59. The topological polar surface area (TPSA) is 85.5 Å². The van der Waals surface area contributed by atoms with Crippen molar-refractivity contribution < 1.29 is 14.4 Å². The fourth-order valence-corrected chi connectivity index (χ4v) is 3.88. The normalized spacial score (nSPS) is 21.1. The molecule has 1 aromatic heterocycles. The van der Waals surface area contributed by atoms with E-state index in [1.807, 2.05) is 30.5 Å². The van der Waals surface area contributed by atoms with Crippen LogP contribution in [0.4, 0.5) is 4.79 Å². The van der Waals surface area contributed by atoms with Gasteiger partial charge >= 0.3 is 6.03 Å². The van der Waals surface area contributed by atoms with Gasteiger partial charge in [0.1, 0.15) is 12.6 Å². The molecule has 4 rings (SSSR count). The van der Waals surface area contributed by atoms with Gasteiger partial charge in [-0.1, -0.05) is 25.1 Å². The number of hydrogen-bond donors (Lipinski definition) is 2. The zero-order valence-electron chi connectivity index (χ0n) is 15.4. The van der Waals surface area contributed by atoms with Crippen LogP contribution in [0.2, 0.25) is 0 Å². The molecule has 1 aromatic carbocycles. The van der Waals surface area contributed by atoms with Crippen molar-refractivity contribution in [3.63, 3.8) is 0 Å². The van der Waals surface area contributed by atoms with Gasteiger partial charge in [0, 0.05) is 36.6 Å². The molecule has 2 saturated heterocycles. The molecule has 0 aliphatic carbocycles. The predicted octanol–water partition coefficient (Wildman–Crippen LogP) is 1.89. The first kappa shape index (κ1) is 17.6. The highest BCUT2D eigenvalue weighted by molar-refractivity contribution is 6.06. The van der Waals surface area contributed by atoms with Gasteiger partial charge in [-0.3, -0.25) is 14.5 Å². The molecule has 0 spiro atoms. The Balaban J connectivity index is 1.42. The molecule has 0 saturated carbocycles. The number of aromatic amines is 1. The number of likely N-dealkylation sites (tertiary alicyclic amines) is 1. The highest BCUT2D eigenvalue weighted by Crippen LogP contribution is 2.21. The maximum absolute atomic E-state index is 12.7. The van der Waals surface area contributed by atoms with E-state index in [0.717, 1.165) is 34.2 Å². The van der Waals surface area contributed by atoms with Crippen molar-refractivity contribution in [3.8, 4) is 0 Å². The van der Waals surface area contributed by atoms with Gasteiger partial charge in [-0.2, -0.15) is 0 Å². The summed E-state index contributed by atoms with van der Waals surface area (Å²) in [6, 6.07) is 6.73. The summed E-state index contributed by atoms with van der Waals surface area (Å²) in [4.78, 5) is 43.5. The van der Waals surface area contributed by atoms with E-state index < -0.39 is 12.1 Å². The zero-order chi connectivity index (χ0) is 19.0. The average molecular weight is 368 g/mol. The molecule has 27 heavy (non-hydrogen) atoms. The van der Waals surface area contributed by atoms with Gasteiger partial charge in [0.15, 0.2) is 0 Å². The minimum atomic E-state index is -0.633. The number of imide groups is 1. The Morgan fingerprint density at radius 3 is 2.70 bits per heavy atom. The molecular formula is C20H24N4O3. The molecule has 1 unspecified atom stereocenters. The lowest BCUT2D eigenvalue weighted by molar-refractivity contribution is -0.138. The SMILES string of the molecule is CC1CCN(C(=O)CN2C(=O)NC(Cc3c[nH]c4ccccc34)C2=O)CC1. The fraction of sp³-hybridized carbons (Fsp3) is 0.450. The molecule has 3 heterocycles. The Morgan fingerprint density at radius 1 is 1.19 bits per heavy atom. The van der Waals surface area contributed by atoms with Crippen molar-refractivity contribution in [1.29, 1.82) is 0 Å². The van der Waals surface area contributed by atoms with Crippen LogP contribution in [0, 0.1) is 5.92 Å². The molecule has 0 radical (unpaired) electrons. The van der Waals surface area contributed by atoms with Crippen LogP contribution >= 0.6 is 0 Å². The summed E-state index contributed by atoms with van der Waals surface area (Å²) >= 11 is 0. The van der Waals surface area contributed by atoms with Crippen LogP contribution in [0.3, 0.4) is 0 Å². The minimum Gasteiger partial charge on any atom is -0.361 e. The Bertz CT molecular complexity index is 882. The second-order valence-corrected chi connectivity index (χ2v) is 7.55. The van der Waals surface area contributed by atoms with Crippen LogP contribution in [0.1, 0.15) is 25.3 Å². The van der Waals surface area contributed by atoms with Gasteiger partial charge in [0.05, 0.1) is 0 Å². The Hall–Kier alpha value is -2.83. The number of aromatic nitrogens is 1. The van der Waals surface area contributed by atoms with Crippen molar-refractivity contribution in [2.45, 2.75) is 32.2 Å². The van der Waals surface area contributed by atoms with Crippen molar-refractivity contribution in [2.75, 3.05) is 19.6 Å². The maximum Gasteiger partial charge on any atom is 0.325 e. The molecule has 1 atom stereocenters.